The number of fused-ring (bicyclic) bond motifs is 1. The molecule has 8 rings (SSSR count). The largest absolute Gasteiger partial charge is 0.494 e. The Balaban J connectivity index is 0.878. The number of nitrogens with zero attached hydrogens (tertiary/aromatic N) is 3. The maximum absolute atomic E-state index is 14.0. The van der Waals surface area contributed by atoms with Gasteiger partial charge in [0.1, 0.15) is 29.6 Å². The number of alkyl carbamates (subject to hydrolysis) is 1. The van der Waals surface area contributed by atoms with E-state index in [0.29, 0.717) is 34.8 Å². The van der Waals surface area contributed by atoms with Gasteiger partial charge < -0.3 is 35.5 Å². The lowest BCUT2D eigenvalue weighted by Gasteiger charge is -2.38. The summed E-state index contributed by atoms with van der Waals surface area (Å²) in [5.74, 6) is -2.33. The first-order valence-electron chi connectivity index (χ1n) is 25.7. The molecule has 0 aliphatic carbocycles. The molecule has 18 nitrogen and oxygen atoms in total. The maximum atomic E-state index is 14.0. The highest BCUT2D eigenvalue weighted by atomic mass is 32.2. The highest BCUT2D eigenvalue weighted by Crippen LogP contribution is 2.42. The number of hydrogen-bond donors (Lipinski definition) is 5. The van der Waals surface area contributed by atoms with Crippen LogP contribution in [0.15, 0.2) is 174 Å². The van der Waals surface area contributed by atoms with Crippen LogP contribution in [0, 0.1) is 19.8 Å². The molecule has 0 spiro atoms. The minimum Gasteiger partial charge on any atom is -0.494 e. The average Bonchev–Trinajstić information content (AvgIpc) is 4.21. The molecule has 408 valence electrons. The van der Waals surface area contributed by atoms with Gasteiger partial charge >= 0.3 is 12.1 Å². The number of esters is 1. The lowest BCUT2D eigenvalue weighted by molar-refractivity contribution is -0.142. The zero-order valence-corrected chi connectivity index (χ0v) is 45.0. The number of ketones is 1. The van der Waals surface area contributed by atoms with Gasteiger partial charge in [-0.3, -0.25) is 23.7 Å². The van der Waals surface area contributed by atoms with Gasteiger partial charge in [0, 0.05) is 50.6 Å². The summed E-state index contributed by atoms with van der Waals surface area (Å²) < 4.78 is 48.4. The minimum atomic E-state index is -4.42. The number of nitrogens with one attached hydrogen (secondary N) is 5. The summed E-state index contributed by atoms with van der Waals surface area (Å²) in [5.41, 5.74) is 4.95. The number of aromatic nitrogens is 2. The fraction of sp³-hybridized carbons (Fsp3) is 0.250. The van der Waals surface area contributed by atoms with E-state index in [0.717, 1.165) is 34.9 Å². The molecule has 0 fully saturated rings. The van der Waals surface area contributed by atoms with Crippen molar-refractivity contribution in [3.63, 3.8) is 0 Å². The van der Waals surface area contributed by atoms with Crippen molar-refractivity contribution >= 4 is 57.0 Å². The van der Waals surface area contributed by atoms with E-state index in [1.165, 1.54) is 12.1 Å². The van der Waals surface area contributed by atoms with E-state index in [4.69, 9.17) is 19.2 Å². The summed E-state index contributed by atoms with van der Waals surface area (Å²) in [7, 11) is -3.32. The fourth-order valence-electron chi connectivity index (χ4n) is 9.58. The number of aliphatic imine (C=N–C) groups is 1. The predicted octanol–water partition coefficient (Wildman–Crippen LogP) is 7.70. The Bertz CT molecular complexity index is 3310. The van der Waals surface area contributed by atoms with E-state index >= 15 is 0 Å². The molecular formula is C60H62N8O10S. The number of Topliss-reactive ketones (excluding diaryl/α,β-unsaturated/α-hetero) is 1. The van der Waals surface area contributed by atoms with Gasteiger partial charge in [0.05, 0.1) is 30.2 Å². The Morgan fingerprint density at radius 3 is 1.95 bits per heavy atom. The van der Waals surface area contributed by atoms with Crippen LogP contribution >= 0.6 is 0 Å². The van der Waals surface area contributed by atoms with Crippen LogP contribution in [-0.2, 0) is 52.6 Å². The molecule has 1 aliphatic rings. The van der Waals surface area contributed by atoms with Crippen LogP contribution in [-0.4, -0.2) is 92.7 Å². The van der Waals surface area contributed by atoms with Gasteiger partial charge in [0.25, 0.3) is 5.91 Å². The number of methoxy groups -OCH3 is 1. The molecule has 7 aromatic rings. The monoisotopic (exact) mass is 1090 g/mol. The number of aryl methyl sites for hydroxylation is 2. The Hall–Kier alpha value is -8.94. The fourth-order valence-corrected chi connectivity index (χ4v) is 11.2. The summed E-state index contributed by atoms with van der Waals surface area (Å²) in [4.78, 5) is 74.4. The molecule has 19 heteroatoms. The molecule has 1 aliphatic heterocycles. The van der Waals surface area contributed by atoms with E-state index in [1.54, 1.807) is 39.1 Å². The van der Waals surface area contributed by atoms with Crippen LogP contribution in [0.5, 0.6) is 5.75 Å². The average molecular weight is 1090 g/mol. The van der Waals surface area contributed by atoms with Gasteiger partial charge in [-0.15, -0.1) is 0 Å². The normalized spacial score (nSPS) is 13.5. The van der Waals surface area contributed by atoms with Crippen molar-refractivity contribution in [3.05, 3.63) is 209 Å². The molecule has 0 bridgehead atoms. The van der Waals surface area contributed by atoms with Crippen LogP contribution in [0.1, 0.15) is 69.1 Å². The third kappa shape index (κ3) is 13.4. The SMILES string of the molecule is COC(=O)[C@H](CNC(=O)C1=Nc2cc(CNc3nccn3C(c3ccccc3)(c3ccccc3)c3ccccc3)ccc2C(=O)[C@H]1C)NS(=O)(=O)c1c(C)cc(OCCCC(=O)NCCNC(=O)OCc2ccccc2)cc1C. The van der Waals surface area contributed by atoms with Crippen molar-refractivity contribution in [2.45, 2.75) is 63.2 Å². The van der Waals surface area contributed by atoms with Crippen LogP contribution in [0.25, 0.3) is 0 Å². The van der Waals surface area contributed by atoms with Crippen LogP contribution in [0.4, 0.5) is 16.4 Å². The van der Waals surface area contributed by atoms with E-state index in [1.807, 2.05) is 97.2 Å². The maximum Gasteiger partial charge on any atom is 0.407 e. The molecule has 0 saturated carbocycles. The molecule has 5 N–H and O–H groups in total. The number of amides is 3. The van der Waals surface area contributed by atoms with Gasteiger partial charge in [-0.2, -0.15) is 4.72 Å². The number of hydrogen-bond acceptors (Lipinski definition) is 13. The summed E-state index contributed by atoms with van der Waals surface area (Å²) in [6.45, 7) is 5.12. The molecule has 2 heterocycles. The van der Waals surface area contributed by atoms with Gasteiger partial charge in [-0.1, -0.05) is 127 Å². The second kappa shape index (κ2) is 25.9. The number of anilines is 1. The summed E-state index contributed by atoms with van der Waals surface area (Å²) in [6, 6.07) is 46.6. The van der Waals surface area contributed by atoms with E-state index < -0.39 is 52.0 Å². The first-order chi connectivity index (χ1) is 38.2. The second-order valence-electron chi connectivity index (χ2n) is 18.8. The quantitative estimate of drug-likeness (QED) is 0.0222. The van der Waals surface area contributed by atoms with Gasteiger partial charge in [0.2, 0.25) is 21.9 Å². The lowest BCUT2D eigenvalue weighted by atomic mass is 9.76. The second-order valence-corrected chi connectivity index (χ2v) is 20.5. The highest BCUT2D eigenvalue weighted by molar-refractivity contribution is 7.89. The summed E-state index contributed by atoms with van der Waals surface area (Å²) in [5, 5.41) is 11.4. The van der Waals surface area contributed by atoms with Crippen molar-refractivity contribution in [1.29, 1.82) is 0 Å². The first-order valence-corrected chi connectivity index (χ1v) is 27.2. The third-order valence-electron chi connectivity index (χ3n) is 13.3. The molecular weight excluding hydrogens is 1020 g/mol. The van der Waals surface area contributed by atoms with E-state index in [-0.39, 0.29) is 67.3 Å². The highest BCUT2D eigenvalue weighted by Gasteiger charge is 2.40. The number of ether oxygens (including phenoxy) is 3. The number of carbonyl (C=O) groups excluding carboxylic acids is 5. The standard InChI is InChI=1S/C60H62N8O10S/c1-40-34-48(77-33-17-26-52(69)61-29-30-63-59(73)78-39-43-18-9-5-10-19-43)35-41(2)55(40)79(74,75)67-51(57(72)76-4)38-64-56(71)53-42(3)54(70)49-28-27-44(36-50(49)66-53)37-65-58-62-31-32-68(58)60(45-20-11-6-12-21-45,46-22-13-7-14-23-46)47-24-15-8-16-25-47/h5-16,18-25,27-28,31-32,34-36,42,51,67H,17,26,29-30,33,37-39H2,1-4H3,(H,61,69)(H,62,65)(H,63,73)(H,64,71)/t42-,51-/m0/s1. The summed E-state index contributed by atoms with van der Waals surface area (Å²) >= 11 is 0. The Kier molecular flexibility index (Phi) is 18.5. The van der Waals surface area contributed by atoms with Crippen molar-refractivity contribution in [3.8, 4) is 5.75 Å². The van der Waals surface area contributed by atoms with Gasteiger partial charge in [-0.05, 0) is 90.4 Å². The van der Waals surface area contributed by atoms with Gasteiger partial charge in [0.15, 0.2) is 5.78 Å². The molecule has 0 saturated heterocycles. The number of sulfonamides is 1. The Labute approximate surface area is 459 Å². The Morgan fingerprint density at radius 2 is 1.34 bits per heavy atom. The molecule has 3 amide bonds. The molecule has 79 heavy (non-hydrogen) atoms. The minimum absolute atomic E-state index is 0.110. The van der Waals surface area contributed by atoms with Gasteiger partial charge in [-0.25, -0.2) is 23.2 Å². The molecule has 0 radical (unpaired) electrons. The van der Waals surface area contributed by atoms with Crippen molar-refractivity contribution in [2.24, 2.45) is 10.9 Å². The van der Waals surface area contributed by atoms with Crippen LogP contribution < -0.4 is 30.7 Å². The van der Waals surface area contributed by atoms with Crippen molar-refractivity contribution in [2.75, 3.05) is 38.7 Å². The van der Waals surface area contributed by atoms with Crippen molar-refractivity contribution < 1.29 is 46.6 Å². The predicted molar refractivity (Wildman–Crippen MR) is 299 cm³/mol. The Morgan fingerprint density at radius 1 is 0.747 bits per heavy atom. The third-order valence-corrected chi connectivity index (χ3v) is 15.1. The molecule has 6 aromatic carbocycles. The first kappa shape index (κ1) is 56.3. The zero-order valence-electron chi connectivity index (χ0n) is 44.2. The van der Waals surface area contributed by atoms with Crippen LogP contribution in [0.3, 0.4) is 0 Å². The van der Waals surface area contributed by atoms with E-state index in [2.05, 4.69) is 71.9 Å². The van der Waals surface area contributed by atoms with Crippen molar-refractivity contribution in [1.82, 2.24) is 30.2 Å². The molecule has 2 atom stereocenters. The van der Waals surface area contributed by atoms with Crippen LogP contribution in [0.2, 0.25) is 0 Å². The number of imidazole rings is 1. The molecule has 0 unspecified atom stereocenters. The molecule has 1 aromatic heterocycles. The topological polar surface area (TPSA) is 238 Å². The number of carbonyl (C=O) groups is 5. The number of rotatable bonds is 24. The van der Waals surface area contributed by atoms with E-state index in [9.17, 15) is 32.4 Å². The zero-order chi connectivity index (χ0) is 55.9. The smallest absolute Gasteiger partial charge is 0.407 e. The summed E-state index contributed by atoms with van der Waals surface area (Å²) in [6.07, 6.45) is 3.59. The lowest BCUT2D eigenvalue weighted by Crippen LogP contribution is -2.51. The number of benzene rings is 6.